The van der Waals surface area contributed by atoms with Crippen LogP contribution in [-0.4, -0.2) is 40.3 Å². The molecule has 20 heavy (non-hydrogen) atoms. The van der Waals surface area contributed by atoms with Crippen LogP contribution in [0.4, 0.5) is 0 Å². The second kappa shape index (κ2) is 5.52. The highest BCUT2D eigenvalue weighted by Crippen LogP contribution is 2.25. The van der Waals surface area contributed by atoms with Crippen molar-refractivity contribution in [3.05, 3.63) is 16.6 Å². The number of carbonyl (C=O) groups excluding carboxylic acids is 2. The fourth-order valence-corrected chi connectivity index (χ4v) is 2.92. The van der Waals surface area contributed by atoms with Gasteiger partial charge < -0.3 is 10.2 Å². The van der Waals surface area contributed by atoms with E-state index in [1.807, 2.05) is 26.2 Å². The van der Waals surface area contributed by atoms with Crippen molar-refractivity contribution in [3.63, 3.8) is 0 Å². The van der Waals surface area contributed by atoms with E-state index in [0.29, 0.717) is 13.0 Å². The molecule has 1 aromatic rings. The summed E-state index contributed by atoms with van der Waals surface area (Å²) in [4.78, 5) is 30.5. The zero-order valence-corrected chi connectivity index (χ0v) is 13.2. The molecule has 5 nitrogen and oxygen atoms in total. The molecule has 1 aliphatic heterocycles. The van der Waals surface area contributed by atoms with E-state index in [1.165, 1.54) is 0 Å². The van der Waals surface area contributed by atoms with Crippen molar-refractivity contribution < 1.29 is 9.59 Å². The molecular formula is C14H21N3O2S. The number of thiazole rings is 1. The fourth-order valence-electron chi connectivity index (χ4n) is 2.31. The van der Waals surface area contributed by atoms with Crippen LogP contribution in [0.5, 0.6) is 0 Å². The van der Waals surface area contributed by atoms with Gasteiger partial charge in [0.25, 0.3) is 0 Å². The zero-order valence-electron chi connectivity index (χ0n) is 12.3. The molecule has 6 heteroatoms. The van der Waals surface area contributed by atoms with E-state index < -0.39 is 12.1 Å². The van der Waals surface area contributed by atoms with Gasteiger partial charge in [-0.2, -0.15) is 0 Å². The minimum Gasteiger partial charge on any atom is -0.342 e. The Hall–Kier alpha value is -1.43. The maximum Gasteiger partial charge on any atom is 0.246 e. The number of amides is 2. The molecular weight excluding hydrogens is 274 g/mol. The van der Waals surface area contributed by atoms with Crippen molar-refractivity contribution in [3.8, 4) is 0 Å². The summed E-state index contributed by atoms with van der Waals surface area (Å²) in [6.07, 6.45) is 2.45. The number of aromatic nitrogens is 1. The molecule has 0 aliphatic carbocycles. The van der Waals surface area contributed by atoms with Crippen LogP contribution in [0.3, 0.4) is 0 Å². The number of nitrogens with one attached hydrogen (secondary N) is 1. The summed E-state index contributed by atoms with van der Waals surface area (Å²) >= 11 is 1.57. The molecule has 1 aromatic heterocycles. The lowest BCUT2D eigenvalue weighted by molar-refractivity contribution is -0.151. The lowest BCUT2D eigenvalue weighted by Gasteiger charge is -2.42. The molecule has 0 saturated carbocycles. The van der Waals surface area contributed by atoms with Crippen molar-refractivity contribution in [2.24, 2.45) is 5.41 Å². The lowest BCUT2D eigenvalue weighted by atomic mass is 9.84. The lowest BCUT2D eigenvalue weighted by Crippen LogP contribution is -2.66. The summed E-state index contributed by atoms with van der Waals surface area (Å²) < 4.78 is 0. The Kier molecular flexibility index (Phi) is 4.13. The van der Waals surface area contributed by atoms with Gasteiger partial charge >= 0.3 is 0 Å². The maximum atomic E-state index is 12.6. The van der Waals surface area contributed by atoms with E-state index >= 15 is 0 Å². The van der Waals surface area contributed by atoms with E-state index in [0.717, 1.165) is 5.01 Å². The zero-order chi connectivity index (χ0) is 14.9. The van der Waals surface area contributed by atoms with Crippen LogP contribution in [0, 0.1) is 5.41 Å². The molecule has 0 aromatic carbocycles. The third-order valence-corrected chi connectivity index (χ3v) is 4.42. The van der Waals surface area contributed by atoms with E-state index in [-0.39, 0.29) is 17.2 Å². The van der Waals surface area contributed by atoms with Crippen LogP contribution in [0.15, 0.2) is 11.6 Å². The van der Waals surface area contributed by atoms with Gasteiger partial charge in [-0.3, -0.25) is 9.59 Å². The van der Waals surface area contributed by atoms with Crippen molar-refractivity contribution in [1.82, 2.24) is 15.2 Å². The maximum absolute atomic E-state index is 12.6. The van der Waals surface area contributed by atoms with Crippen LogP contribution >= 0.6 is 11.3 Å². The van der Waals surface area contributed by atoms with E-state index in [1.54, 1.807) is 29.4 Å². The topological polar surface area (TPSA) is 62.3 Å². The summed E-state index contributed by atoms with van der Waals surface area (Å²) in [5.74, 6) is -0.0789. The Labute approximate surface area is 123 Å². The molecule has 2 atom stereocenters. The molecule has 110 valence electrons. The van der Waals surface area contributed by atoms with Gasteiger partial charge in [0.1, 0.15) is 12.1 Å². The molecule has 0 radical (unpaired) electrons. The number of nitrogens with zero attached hydrogens (tertiary/aromatic N) is 2. The summed E-state index contributed by atoms with van der Waals surface area (Å²) in [7, 11) is 0. The van der Waals surface area contributed by atoms with E-state index in [2.05, 4.69) is 10.3 Å². The van der Waals surface area contributed by atoms with Crippen molar-refractivity contribution in [2.75, 3.05) is 6.54 Å². The van der Waals surface area contributed by atoms with Gasteiger partial charge in [-0.05, 0) is 12.3 Å². The highest BCUT2D eigenvalue weighted by atomic mass is 32.1. The molecule has 2 unspecified atom stereocenters. The van der Waals surface area contributed by atoms with Gasteiger partial charge in [0, 0.05) is 24.5 Å². The third-order valence-electron chi connectivity index (χ3n) is 3.58. The molecule has 0 bridgehead atoms. The standard InChI is InChI=1S/C14H21N3O2S/c1-9-12(18)16-11(14(2,3)4)13(19)17(9)7-5-10-15-6-8-20-10/h6,8-9,11H,5,7H2,1-4H3,(H,16,18). The Morgan fingerprint density at radius 3 is 2.65 bits per heavy atom. The normalized spacial score (nSPS) is 23.9. The van der Waals surface area contributed by atoms with Crippen molar-refractivity contribution in [2.45, 2.75) is 46.2 Å². The largest absolute Gasteiger partial charge is 0.342 e. The Balaban J connectivity index is 2.12. The Morgan fingerprint density at radius 2 is 2.10 bits per heavy atom. The second-order valence-corrected chi connectivity index (χ2v) is 7.17. The smallest absolute Gasteiger partial charge is 0.246 e. The molecule has 2 rings (SSSR count). The Morgan fingerprint density at radius 1 is 1.40 bits per heavy atom. The van der Waals surface area contributed by atoms with Crippen LogP contribution < -0.4 is 5.32 Å². The minimum atomic E-state index is -0.456. The van der Waals surface area contributed by atoms with Crippen LogP contribution in [0.2, 0.25) is 0 Å². The summed E-state index contributed by atoms with van der Waals surface area (Å²) in [6.45, 7) is 8.20. The molecule has 1 saturated heterocycles. The number of hydrogen-bond acceptors (Lipinski definition) is 4. The van der Waals surface area contributed by atoms with Gasteiger partial charge in [-0.1, -0.05) is 20.8 Å². The summed E-state index contributed by atoms with van der Waals surface area (Å²) in [6, 6.07) is -0.872. The highest BCUT2D eigenvalue weighted by Gasteiger charge is 2.43. The first-order chi connectivity index (χ1) is 9.30. The predicted molar refractivity (Wildman–Crippen MR) is 78.4 cm³/mol. The first-order valence-electron chi connectivity index (χ1n) is 6.80. The summed E-state index contributed by atoms with van der Waals surface area (Å²) in [5.41, 5.74) is -0.285. The predicted octanol–water partition coefficient (Wildman–Crippen LogP) is 1.45. The second-order valence-electron chi connectivity index (χ2n) is 6.19. The first-order valence-corrected chi connectivity index (χ1v) is 7.68. The SMILES string of the molecule is CC1C(=O)NC(C(C)(C)C)C(=O)N1CCc1nccs1. The number of rotatable bonds is 3. The molecule has 2 heterocycles. The van der Waals surface area contributed by atoms with Gasteiger partial charge in [0.05, 0.1) is 5.01 Å². The minimum absolute atomic E-state index is 0.00107. The fraction of sp³-hybridized carbons (Fsp3) is 0.643. The van der Waals surface area contributed by atoms with Crippen LogP contribution in [0.1, 0.15) is 32.7 Å². The number of hydrogen-bond donors (Lipinski definition) is 1. The van der Waals surface area contributed by atoms with Gasteiger partial charge in [0.2, 0.25) is 11.8 Å². The average Bonchev–Trinajstić information content (AvgIpc) is 2.85. The molecule has 2 amide bonds. The van der Waals surface area contributed by atoms with Gasteiger partial charge in [0.15, 0.2) is 0 Å². The monoisotopic (exact) mass is 295 g/mol. The third kappa shape index (κ3) is 3.00. The molecule has 1 fully saturated rings. The quantitative estimate of drug-likeness (QED) is 0.918. The van der Waals surface area contributed by atoms with Crippen LogP contribution in [0.25, 0.3) is 0 Å². The average molecular weight is 295 g/mol. The Bertz CT molecular complexity index is 493. The molecule has 0 spiro atoms. The number of carbonyl (C=O) groups is 2. The van der Waals surface area contributed by atoms with E-state index in [9.17, 15) is 9.59 Å². The molecule has 1 aliphatic rings. The van der Waals surface area contributed by atoms with Crippen molar-refractivity contribution >= 4 is 23.2 Å². The summed E-state index contributed by atoms with van der Waals surface area (Å²) in [5, 5.41) is 5.74. The highest BCUT2D eigenvalue weighted by molar-refractivity contribution is 7.09. The first kappa shape index (κ1) is 15.0. The van der Waals surface area contributed by atoms with Crippen molar-refractivity contribution in [1.29, 1.82) is 0 Å². The van der Waals surface area contributed by atoms with Gasteiger partial charge in [-0.15, -0.1) is 11.3 Å². The van der Waals surface area contributed by atoms with E-state index in [4.69, 9.17) is 0 Å². The number of piperazine rings is 1. The molecule has 1 N–H and O–H groups in total. The van der Waals surface area contributed by atoms with Gasteiger partial charge in [-0.25, -0.2) is 4.98 Å². The van der Waals surface area contributed by atoms with Crippen LogP contribution in [-0.2, 0) is 16.0 Å².